The number of hydrogen-bond donors (Lipinski definition) is 2. The molecule has 1 aliphatic rings. The van der Waals surface area contributed by atoms with E-state index in [1.165, 1.54) is 0 Å². The monoisotopic (exact) mass is 365 g/mol. The average molecular weight is 365 g/mol. The van der Waals surface area contributed by atoms with Gasteiger partial charge in [-0.1, -0.05) is 18.2 Å². The summed E-state index contributed by atoms with van der Waals surface area (Å²) in [7, 11) is 0. The van der Waals surface area contributed by atoms with Gasteiger partial charge >= 0.3 is 0 Å². The Morgan fingerprint density at radius 1 is 1.30 bits per heavy atom. The molecule has 7 heteroatoms. The number of nitrogens with one attached hydrogen (secondary N) is 2. The molecule has 2 aromatic heterocycles. The lowest BCUT2D eigenvalue weighted by atomic mass is 10.1. The van der Waals surface area contributed by atoms with Crippen LogP contribution < -0.4 is 5.32 Å². The Bertz CT molecular complexity index is 909. The van der Waals surface area contributed by atoms with Gasteiger partial charge in [0.05, 0.1) is 6.20 Å². The third-order valence-electron chi connectivity index (χ3n) is 4.79. The van der Waals surface area contributed by atoms with Crippen LogP contribution in [0.15, 0.2) is 47.2 Å². The molecule has 0 radical (unpaired) electrons. The summed E-state index contributed by atoms with van der Waals surface area (Å²) in [5.41, 5.74) is 1.94. The number of oxazole rings is 1. The van der Waals surface area contributed by atoms with Crippen molar-refractivity contribution < 1.29 is 9.21 Å². The van der Waals surface area contributed by atoms with Gasteiger partial charge in [-0.2, -0.15) is 0 Å². The summed E-state index contributed by atoms with van der Waals surface area (Å²) in [6.07, 6.45) is 4.09. The van der Waals surface area contributed by atoms with Crippen LogP contribution in [0, 0.1) is 0 Å². The van der Waals surface area contributed by atoms with Crippen LogP contribution in [0.5, 0.6) is 0 Å². The molecule has 0 spiro atoms. The van der Waals surface area contributed by atoms with Gasteiger partial charge in [-0.3, -0.25) is 4.79 Å². The van der Waals surface area contributed by atoms with Crippen LogP contribution in [0.4, 0.5) is 0 Å². The number of aromatic nitrogens is 3. The molecule has 1 aliphatic heterocycles. The lowest BCUT2D eigenvalue weighted by molar-refractivity contribution is 0.0621. The van der Waals surface area contributed by atoms with E-state index < -0.39 is 0 Å². The number of carbonyl (C=O) groups excluding carboxylic acids is 1. The molecule has 0 bridgehead atoms. The van der Waals surface area contributed by atoms with Crippen LogP contribution in [0.2, 0.25) is 0 Å². The van der Waals surface area contributed by atoms with E-state index in [2.05, 4.69) is 20.3 Å². The highest BCUT2D eigenvalue weighted by molar-refractivity contribution is 5.93. The van der Waals surface area contributed by atoms with Crippen LogP contribution in [-0.2, 0) is 0 Å². The second-order valence-electron chi connectivity index (χ2n) is 7.00. The maximum Gasteiger partial charge on any atom is 0.272 e. The van der Waals surface area contributed by atoms with Crippen molar-refractivity contribution in [2.75, 3.05) is 13.1 Å². The zero-order chi connectivity index (χ0) is 18.8. The van der Waals surface area contributed by atoms with Crippen molar-refractivity contribution in [1.82, 2.24) is 25.2 Å². The molecule has 3 aromatic rings. The Kier molecular flexibility index (Phi) is 4.77. The highest BCUT2D eigenvalue weighted by atomic mass is 16.3. The van der Waals surface area contributed by atoms with Crippen molar-refractivity contribution in [3.05, 3.63) is 48.5 Å². The number of aromatic amines is 1. The van der Waals surface area contributed by atoms with Gasteiger partial charge in [0.15, 0.2) is 5.82 Å². The largest absolute Gasteiger partial charge is 0.444 e. The second-order valence-corrected chi connectivity index (χ2v) is 7.00. The maximum absolute atomic E-state index is 13.0. The topological polar surface area (TPSA) is 87.1 Å². The van der Waals surface area contributed by atoms with Gasteiger partial charge in [-0.15, -0.1) is 0 Å². The summed E-state index contributed by atoms with van der Waals surface area (Å²) in [6, 6.07) is 10.00. The Labute approximate surface area is 157 Å². The molecule has 1 atom stereocenters. The minimum absolute atomic E-state index is 0.0378. The minimum atomic E-state index is -0.0378. The summed E-state index contributed by atoms with van der Waals surface area (Å²) in [4.78, 5) is 26.9. The molecule has 1 aromatic carbocycles. The van der Waals surface area contributed by atoms with Crippen LogP contribution in [0.3, 0.4) is 0 Å². The third-order valence-corrected chi connectivity index (χ3v) is 4.79. The fourth-order valence-corrected chi connectivity index (χ4v) is 3.49. The number of H-pyrrole nitrogens is 1. The van der Waals surface area contributed by atoms with Gasteiger partial charge in [-0.05, 0) is 38.9 Å². The summed E-state index contributed by atoms with van der Waals surface area (Å²) >= 11 is 0. The minimum Gasteiger partial charge on any atom is -0.444 e. The van der Waals surface area contributed by atoms with Gasteiger partial charge < -0.3 is 19.6 Å². The number of benzene rings is 1. The van der Waals surface area contributed by atoms with E-state index in [4.69, 9.17) is 4.42 Å². The first-order chi connectivity index (χ1) is 13.1. The molecule has 1 saturated heterocycles. The number of amides is 1. The second kappa shape index (κ2) is 7.36. The van der Waals surface area contributed by atoms with E-state index in [9.17, 15) is 4.79 Å². The van der Waals surface area contributed by atoms with Gasteiger partial charge in [0.25, 0.3) is 5.91 Å². The summed E-state index contributed by atoms with van der Waals surface area (Å²) in [6.45, 7) is 5.85. The zero-order valence-electron chi connectivity index (χ0n) is 15.5. The predicted molar refractivity (Wildman–Crippen MR) is 102 cm³/mol. The predicted octanol–water partition coefficient (Wildman–Crippen LogP) is 2.94. The normalized spacial score (nSPS) is 16.8. The fourth-order valence-electron chi connectivity index (χ4n) is 3.49. The van der Waals surface area contributed by atoms with Gasteiger partial charge in [-0.25, -0.2) is 9.97 Å². The van der Waals surface area contributed by atoms with Crippen LogP contribution in [-0.4, -0.2) is 50.9 Å². The van der Waals surface area contributed by atoms with E-state index in [0.29, 0.717) is 23.1 Å². The van der Waals surface area contributed by atoms with Crippen molar-refractivity contribution in [3.63, 3.8) is 0 Å². The van der Waals surface area contributed by atoms with Crippen molar-refractivity contribution in [3.8, 4) is 23.0 Å². The molecule has 0 saturated carbocycles. The Hall–Kier alpha value is -2.93. The van der Waals surface area contributed by atoms with Crippen LogP contribution in [0.25, 0.3) is 23.0 Å². The van der Waals surface area contributed by atoms with Crippen molar-refractivity contribution in [2.45, 2.75) is 32.4 Å². The molecule has 7 nitrogen and oxygen atoms in total. The van der Waals surface area contributed by atoms with Crippen molar-refractivity contribution in [2.24, 2.45) is 0 Å². The lowest BCUT2D eigenvalue weighted by Gasteiger charge is -2.31. The average Bonchev–Trinajstić information content (AvgIpc) is 3.42. The first kappa shape index (κ1) is 17.5. The lowest BCUT2D eigenvalue weighted by Crippen LogP contribution is -2.46. The van der Waals surface area contributed by atoms with Crippen LogP contribution in [0.1, 0.15) is 30.8 Å². The smallest absolute Gasteiger partial charge is 0.272 e. The number of carbonyl (C=O) groups is 1. The molecular weight excluding hydrogens is 342 g/mol. The van der Waals surface area contributed by atoms with E-state index >= 15 is 0 Å². The Balaban J connectivity index is 1.56. The highest BCUT2D eigenvalue weighted by Crippen LogP contribution is 2.23. The molecule has 3 heterocycles. The molecule has 140 valence electrons. The SMILES string of the molecule is CC(C)N(C(=O)c1cnc(-c2coc(-c3ccccc3)n2)[nH]1)[C@H]1CCNC1. The Morgan fingerprint density at radius 2 is 2.11 bits per heavy atom. The van der Waals surface area contributed by atoms with Gasteiger partial charge in [0.1, 0.15) is 17.7 Å². The first-order valence-electron chi connectivity index (χ1n) is 9.23. The van der Waals surface area contributed by atoms with Crippen molar-refractivity contribution >= 4 is 5.91 Å². The first-order valence-corrected chi connectivity index (χ1v) is 9.23. The van der Waals surface area contributed by atoms with Crippen molar-refractivity contribution in [1.29, 1.82) is 0 Å². The molecular formula is C20H23N5O2. The molecule has 4 rings (SSSR count). The van der Waals surface area contributed by atoms with E-state index in [-0.39, 0.29) is 18.0 Å². The number of rotatable bonds is 5. The molecule has 0 unspecified atom stereocenters. The summed E-state index contributed by atoms with van der Waals surface area (Å²) in [5, 5.41) is 3.32. The molecule has 2 N–H and O–H groups in total. The maximum atomic E-state index is 13.0. The zero-order valence-corrected chi connectivity index (χ0v) is 15.5. The molecule has 0 aliphatic carbocycles. The molecule has 27 heavy (non-hydrogen) atoms. The van der Waals surface area contributed by atoms with E-state index in [1.807, 2.05) is 49.1 Å². The summed E-state index contributed by atoms with van der Waals surface area (Å²) in [5.74, 6) is 1.01. The standard InChI is InChI=1S/C20H23N5O2/c1-13(2)25(15-8-9-21-10-15)20(26)16-11-22-18(23-16)17-12-27-19(24-17)14-6-4-3-5-7-14/h3-7,11-13,15,21H,8-10H2,1-2H3,(H,22,23)/t15-/m0/s1. The van der Waals surface area contributed by atoms with E-state index in [0.717, 1.165) is 25.1 Å². The third kappa shape index (κ3) is 3.50. The number of nitrogens with zero attached hydrogens (tertiary/aromatic N) is 3. The van der Waals surface area contributed by atoms with Gasteiger partial charge in [0.2, 0.25) is 5.89 Å². The number of hydrogen-bond acceptors (Lipinski definition) is 5. The summed E-state index contributed by atoms with van der Waals surface area (Å²) < 4.78 is 5.57. The van der Waals surface area contributed by atoms with Crippen LogP contribution >= 0.6 is 0 Å². The quantitative estimate of drug-likeness (QED) is 0.726. The number of imidazole rings is 1. The van der Waals surface area contributed by atoms with Gasteiger partial charge in [0, 0.05) is 24.2 Å². The molecule has 1 fully saturated rings. The molecule has 1 amide bonds. The fraction of sp³-hybridized carbons (Fsp3) is 0.350. The van der Waals surface area contributed by atoms with E-state index in [1.54, 1.807) is 12.5 Å². The Morgan fingerprint density at radius 3 is 2.81 bits per heavy atom. The highest BCUT2D eigenvalue weighted by Gasteiger charge is 2.30.